The zero-order valence-electron chi connectivity index (χ0n) is 9.63. The molecule has 88 valence electrons. The monoisotopic (exact) mass is 299 g/mol. The Bertz CT molecular complexity index is 366. The van der Waals surface area contributed by atoms with E-state index in [9.17, 15) is 0 Å². The van der Waals surface area contributed by atoms with Crippen molar-refractivity contribution in [2.24, 2.45) is 0 Å². The van der Waals surface area contributed by atoms with Crippen LogP contribution >= 0.6 is 27.3 Å². The lowest BCUT2D eigenvalue weighted by atomic mass is 10.1. The molecule has 0 aromatic carbocycles. The van der Waals surface area contributed by atoms with E-state index in [-0.39, 0.29) is 0 Å². The van der Waals surface area contributed by atoms with Crippen molar-refractivity contribution in [2.45, 2.75) is 38.6 Å². The number of halogens is 1. The summed E-state index contributed by atoms with van der Waals surface area (Å²) in [5.74, 6) is 0. The Hall–Kier alpha value is -0.120. The molecule has 0 aliphatic heterocycles. The number of rotatable bonds is 6. The Morgan fingerprint density at radius 2 is 2.44 bits per heavy atom. The molecule has 1 aromatic heterocycles. The smallest absolute Gasteiger partial charge is 0.0317 e. The SMILES string of the molecule is CC(=CCCNC1CC1)Cc1sccc1Br. The Kier molecular flexibility index (Phi) is 4.62. The van der Waals surface area contributed by atoms with Gasteiger partial charge in [0.1, 0.15) is 0 Å². The fraction of sp³-hybridized carbons (Fsp3) is 0.538. The summed E-state index contributed by atoms with van der Waals surface area (Å²) in [5.41, 5.74) is 1.47. The van der Waals surface area contributed by atoms with Crippen LogP contribution in [0.3, 0.4) is 0 Å². The summed E-state index contributed by atoms with van der Waals surface area (Å²) >= 11 is 5.40. The van der Waals surface area contributed by atoms with Gasteiger partial charge in [-0.3, -0.25) is 0 Å². The van der Waals surface area contributed by atoms with Crippen molar-refractivity contribution in [1.82, 2.24) is 5.32 Å². The van der Waals surface area contributed by atoms with E-state index in [2.05, 4.69) is 45.7 Å². The Morgan fingerprint density at radius 1 is 1.62 bits per heavy atom. The first-order chi connectivity index (χ1) is 7.75. The molecule has 1 aliphatic carbocycles. The van der Waals surface area contributed by atoms with E-state index in [1.165, 1.54) is 27.8 Å². The molecule has 0 spiro atoms. The van der Waals surface area contributed by atoms with E-state index in [1.54, 1.807) is 0 Å². The van der Waals surface area contributed by atoms with E-state index in [0.717, 1.165) is 25.4 Å². The lowest BCUT2D eigenvalue weighted by molar-refractivity contribution is 0.688. The minimum absolute atomic E-state index is 0.833. The second kappa shape index (κ2) is 5.99. The number of nitrogens with one attached hydrogen (secondary N) is 1. The van der Waals surface area contributed by atoms with Crippen LogP contribution in [0.4, 0.5) is 0 Å². The summed E-state index contributed by atoms with van der Waals surface area (Å²) < 4.78 is 1.25. The summed E-state index contributed by atoms with van der Waals surface area (Å²) in [6.45, 7) is 3.36. The van der Waals surface area contributed by atoms with Gasteiger partial charge in [0.25, 0.3) is 0 Å². The van der Waals surface area contributed by atoms with Crippen molar-refractivity contribution in [3.8, 4) is 0 Å². The van der Waals surface area contributed by atoms with Crippen molar-refractivity contribution < 1.29 is 0 Å². The molecule has 0 atom stereocenters. The molecule has 0 saturated heterocycles. The molecular formula is C13H18BrNS. The van der Waals surface area contributed by atoms with Gasteiger partial charge in [-0.25, -0.2) is 0 Å². The molecule has 1 saturated carbocycles. The summed E-state index contributed by atoms with van der Waals surface area (Å²) in [4.78, 5) is 1.43. The van der Waals surface area contributed by atoms with Gasteiger partial charge in [-0.05, 0) is 60.1 Å². The average molecular weight is 300 g/mol. The van der Waals surface area contributed by atoms with Crippen molar-refractivity contribution in [2.75, 3.05) is 6.54 Å². The Morgan fingerprint density at radius 3 is 3.06 bits per heavy atom. The molecule has 1 nitrogen and oxygen atoms in total. The maximum Gasteiger partial charge on any atom is 0.0317 e. The largest absolute Gasteiger partial charge is 0.314 e. The minimum atomic E-state index is 0.833. The van der Waals surface area contributed by atoms with Crippen LogP contribution in [0.2, 0.25) is 0 Å². The number of hydrogen-bond acceptors (Lipinski definition) is 2. The molecule has 0 unspecified atom stereocenters. The van der Waals surface area contributed by atoms with E-state index in [1.807, 2.05) is 11.3 Å². The lowest BCUT2D eigenvalue weighted by Gasteiger charge is -2.02. The van der Waals surface area contributed by atoms with Gasteiger partial charge in [0.05, 0.1) is 0 Å². The fourth-order valence-corrected chi connectivity index (χ4v) is 3.26. The van der Waals surface area contributed by atoms with Crippen LogP contribution in [0.1, 0.15) is 31.1 Å². The van der Waals surface area contributed by atoms with Crippen molar-refractivity contribution >= 4 is 27.3 Å². The van der Waals surface area contributed by atoms with Gasteiger partial charge in [0, 0.05) is 21.8 Å². The second-order valence-corrected chi connectivity index (χ2v) is 6.29. The molecule has 2 rings (SSSR count). The zero-order valence-corrected chi connectivity index (χ0v) is 12.0. The van der Waals surface area contributed by atoms with E-state index in [4.69, 9.17) is 0 Å². The number of thiophene rings is 1. The highest BCUT2D eigenvalue weighted by Crippen LogP contribution is 2.25. The molecule has 1 N–H and O–H groups in total. The van der Waals surface area contributed by atoms with E-state index >= 15 is 0 Å². The number of allylic oxidation sites excluding steroid dienone is 1. The highest BCUT2D eigenvalue weighted by Gasteiger charge is 2.19. The van der Waals surface area contributed by atoms with Crippen LogP contribution in [-0.2, 0) is 6.42 Å². The molecule has 0 bridgehead atoms. The van der Waals surface area contributed by atoms with Gasteiger partial charge in [-0.1, -0.05) is 11.6 Å². The molecule has 1 heterocycles. The lowest BCUT2D eigenvalue weighted by Crippen LogP contribution is -2.16. The second-order valence-electron chi connectivity index (χ2n) is 4.44. The highest BCUT2D eigenvalue weighted by atomic mass is 79.9. The normalized spacial score (nSPS) is 16.8. The highest BCUT2D eigenvalue weighted by molar-refractivity contribution is 9.10. The maximum atomic E-state index is 3.57. The third-order valence-corrected chi connectivity index (χ3v) is 4.70. The zero-order chi connectivity index (χ0) is 11.4. The molecular weight excluding hydrogens is 282 g/mol. The van der Waals surface area contributed by atoms with Crippen LogP contribution in [0.25, 0.3) is 0 Å². The first-order valence-corrected chi connectivity index (χ1v) is 7.54. The Labute approximate surface area is 110 Å². The summed E-state index contributed by atoms with van der Waals surface area (Å²) in [6, 6.07) is 2.96. The predicted octanol–water partition coefficient (Wildman–Crippen LogP) is 4.14. The van der Waals surface area contributed by atoms with Crippen LogP contribution in [-0.4, -0.2) is 12.6 Å². The van der Waals surface area contributed by atoms with Crippen LogP contribution in [0, 0.1) is 0 Å². The van der Waals surface area contributed by atoms with Gasteiger partial charge in [0.2, 0.25) is 0 Å². The van der Waals surface area contributed by atoms with E-state index in [0.29, 0.717) is 0 Å². The van der Waals surface area contributed by atoms with E-state index < -0.39 is 0 Å². The van der Waals surface area contributed by atoms with Crippen LogP contribution in [0.5, 0.6) is 0 Å². The average Bonchev–Trinajstić information content (AvgIpc) is 3.00. The molecule has 1 aliphatic rings. The van der Waals surface area contributed by atoms with Gasteiger partial charge in [0.15, 0.2) is 0 Å². The summed E-state index contributed by atoms with van der Waals surface area (Å²) in [7, 11) is 0. The molecule has 16 heavy (non-hydrogen) atoms. The molecule has 1 fully saturated rings. The van der Waals surface area contributed by atoms with Gasteiger partial charge >= 0.3 is 0 Å². The molecule has 1 aromatic rings. The van der Waals surface area contributed by atoms with Gasteiger partial charge < -0.3 is 5.32 Å². The maximum absolute atomic E-state index is 3.57. The first-order valence-electron chi connectivity index (χ1n) is 5.86. The third kappa shape index (κ3) is 4.04. The Balaban J connectivity index is 1.71. The quantitative estimate of drug-likeness (QED) is 0.615. The molecule has 0 radical (unpaired) electrons. The minimum Gasteiger partial charge on any atom is -0.314 e. The fourth-order valence-electron chi connectivity index (χ4n) is 1.67. The van der Waals surface area contributed by atoms with Crippen LogP contribution in [0.15, 0.2) is 27.6 Å². The first kappa shape index (κ1) is 12.3. The van der Waals surface area contributed by atoms with Crippen molar-refractivity contribution in [1.29, 1.82) is 0 Å². The predicted molar refractivity (Wildman–Crippen MR) is 75.1 cm³/mol. The molecule has 3 heteroatoms. The molecule has 0 amide bonds. The summed E-state index contributed by atoms with van der Waals surface area (Å²) in [5, 5.41) is 5.67. The van der Waals surface area contributed by atoms with Gasteiger partial charge in [-0.2, -0.15) is 0 Å². The standard InChI is InChI=1S/C13H18BrNS/c1-10(3-2-7-15-11-4-5-11)9-13-12(14)6-8-16-13/h3,6,8,11,15H,2,4-5,7,9H2,1H3. The van der Waals surface area contributed by atoms with Crippen molar-refractivity contribution in [3.63, 3.8) is 0 Å². The van der Waals surface area contributed by atoms with Crippen LogP contribution < -0.4 is 5.32 Å². The van der Waals surface area contributed by atoms with Gasteiger partial charge in [-0.15, -0.1) is 11.3 Å². The third-order valence-electron chi connectivity index (χ3n) is 2.78. The summed E-state index contributed by atoms with van der Waals surface area (Å²) in [6.07, 6.45) is 7.37. The number of hydrogen-bond donors (Lipinski definition) is 1. The topological polar surface area (TPSA) is 12.0 Å². The van der Waals surface area contributed by atoms with Crippen molar-refractivity contribution in [3.05, 3.63) is 32.4 Å².